The largest absolute Gasteiger partial charge is 0.493 e. The molecule has 4 nitrogen and oxygen atoms in total. The molecule has 0 unspecified atom stereocenters. The van der Waals surface area contributed by atoms with E-state index in [1.54, 1.807) is 27.5 Å². The van der Waals surface area contributed by atoms with Crippen molar-refractivity contribution in [3.05, 3.63) is 47.3 Å². The van der Waals surface area contributed by atoms with Crippen molar-refractivity contribution < 1.29 is 14.2 Å². The molecule has 0 saturated carbocycles. The van der Waals surface area contributed by atoms with Crippen LogP contribution in [0.2, 0.25) is 0 Å². The Morgan fingerprint density at radius 2 is 1.68 bits per heavy atom. The van der Waals surface area contributed by atoms with Crippen LogP contribution in [0.5, 0.6) is 17.2 Å². The maximum atomic E-state index is 5.33. The van der Waals surface area contributed by atoms with Gasteiger partial charge in [-0.15, -0.1) is 0 Å². The molecule has 1 aromatic heterocycles. The fourth-order valence-corrected chi connectivity index (χ4v) is 2.12. The lowest BCUT2D eigenvalue weighted by Gasteiger charge is -2.12. The van der Waals surface area contributed by atoms with Crippen LogP contribution in [0.15, 0.2) is 30.5 Å². The molecular formula is C18H19NO3. The molecule has 0 fully saturated rings. The summed E-state index contributed by atoms with van der Waals surface area (Å²) in [5.41, 5.74) is 2.70. The lowest BCUT2D eigenvalue weighted by Crippen LogP contribution is -1.96. The minimum atomic E-state index is 0.558. The molecule has 0 radical (unpaired) electrons. The van der Waals surface area contributed by atoms with Crippen molar-refractivity contribution in [2.24, 2.45) is 0 Å². The number of hydrogen-bond donors (Lipinski definition) is 0. The minimum absolute atomic E-state index is 0.558. The highest BCUT2D eigenvalue weighted by molar-refractivity contribution is 5.58. The van der Waals surface area contributed by atoms with Crippen LogP contribution in [0.1, 0.15) is 23.7 Å². The average molecular weight is 297 g/mol. The van der Waals surface area contributed by atoms with Crippen molar-refractivity contribution in [1.82, 2.24) is 4.98 Å². The monoisotopic (exact) mass is 297 g/mol. The smallest absolute Gasteiger partial charge is 0.203 e. The summed E-state index contributed by atoms with van der Waals surface area (Å²) in [6.45, 7) is 2.08. The highest BCUT2D eigenvalue weighted by Crippen LogP contribution is 2.37. The van der Waals surface area contributed by atoms with Crippen molar-refractivity contribution in [2.45, 2.75) is 13.3 Å². The summed E-state index contributed by atoms with van der Waals surface area (Å²) < 4.78 is 16.0. The molecule has 1 aromatic carbocycles. The summed E-state index contributed by atoms with van der Waals surface area (Å²) in [6, 6.07) is 7.60. The normalized spacial score (nSPS) is 9.64. The molecule has 0 aliphatic carbocycles. The summed E-state index contributed by atoms with van der Waals surface area (Å²) in [7, 11) is 4.75. The van der Waals surface area contributed by atoms with Crippen LogP contribution in [-0.2, 0) is 6.42 Å². The molecule has 0 aliphatic rings. The number of aryl methyl sites for hydroxylation is 1. The number of aromatic nitrogens is 1. The second-order valence-corrected chi connectivity index (χ2v) is 4.53. The first-order valence-corrected chi connectivity index (χ1v) is 6.99. The van der Waals surface area contributed by atoms with Gasteiger partial charge in [0.15, 0.2) is 11.5 Å². The molecule has 4 heteroatoms. The van der Waals surface area contributed by atoms with E-state index in [2.05, 4.69) is 23.7 Å². The predicted octanol–water partition coefficient (Wildman–Crippen LogP) is 3.07. The molecule has 114 valence electrons. The third kappa shape index (κ3) is 3.32. The van der Waals surface area contributed by atoms with E-state index in [0.29, 0.717) is 17.2 Å². The number of rotatable bonds is 4. The maximum Gasteiger partial charge on any atom is 0.203 e. The third-order valence-electron chi connectivity index (χ3n) is 3.26. The topological polar surface area (TPSA) is 40.6 Å². The summed E-state index contributed by atoms with van der Waals surface area (Å²) in [5, 5.41) is 0. The Morgan fingerprint density at radius 1 is 1.00 bits per heavy atom. The van der Waals surface area contributed by atoms with Crippen LogP contribution < -0.4 is 14.2 Å². The fourth-order valence-electron chi connectivity index (χ4n) is 2.12. The zero-order chi connectivity index (χ0) is 15.9. The summed E-state index contributed by atoms with van der Waals surface area (Å²) in [5.74, 6) is 7.95. The van der Waals surface area contributed by atoms with Gasteiger partial charge < -0.3 is 14.2 Å². The highest BCUT2D eigenvalue weighted by Gasteiger charge is 2.12. The van der Waals surface area contributed by atoms with Crippen molar-refractivity contribution in [3.8, 4) is 29.1 Å². The Kier molecular flexibility index (Phi) is 5.26. The molecule has 0 atom stereocenters. The Bertz CT molecular complexity index is 689. The second-order valence-electron chi connectivity index (χ2n) is 4.53. The molecule has 0 aliphatic heterocycles. The highest BCUT2D eigenvalue weighted by atomic mass is 16.5. The van der Waals surface area contributed by atoms with Crippen LogP contribution >= 0.6 is 0 Å². The minimum Gasteiger partial charge on any atom is -0.493 e. The van der Waals surface area contributed by atoms with E-state index in [1.807, 2.05) is 24.3 Å². The predicted molar refractivity (Wildman–Crippen MR) is 85.7 cm³/mol. The maximum absolute atomic E-state index is 5.33. The van der Waals surface area contributed by atoms with Gasteiger partial charge in [-0.25, -0.2) is 4.98 Å². The van der Waals surface area contributed by atoms with Gasteiger partial charge in [-0.05, 0) is 36.1 Å². The van der Waals surface area contributed by atoms with Crippen LogP contribution in [0, 0.1) is 11.8 Å². The Hall–Kier alpha value is -2.67. The molecule has 1 heterocycles. The zero-order valence-corrected chi connectivity index (χ0v) is 13.3. The van der Waals surface area contributed by atoms with Gasteiger partial charge in [-0.3, -0.25) is 0 Å². The molecule has 0 N–H and O–H groups in total. The van der Waals surface area contributed by atoms with Crippen LogP contribution in [0.4, 0.5) is 0 Å². The van der Waals surface area contributed by atoms with Crippen molar-refractivity contribution >= 4 is 0 Å². The Balaban J connectivity index is 2.45. The average Bonchev–Trinajstić information content (AvgIpc) is 2.58. The first-order chi connectivity index (χ1) is 10.7. The molecular weight excluding hydrogens is 278 g/mol. The molecule has 2 aromatic rings. The van der Waals surface area contributed by atoms with E-state index in [-0.39, 0.29) is 0 Å². The SMILES string of the molecule is CCc1cccnc1C#Cc1cc(OC)c(OC)c(OC)c1. The van der Waals surface area contributed by atoms with Crippen LogP contribution in [0.25, 0.3) is 0 Å². The third-order valence-corrected chi connectivity index (χ3v) is 3.26. The van der Waals surface area contributed by atoms with Crippen molar-refractivity contribution in [1.29, 1.82) is 0 Å². The molecule has 0 saturated heterocycles. The first-order valence-electron chi connectivity index (χ1n) is 6.99. The lowest BCUT2D eigenvalue weighted by atomic mass is 10.1. The number of pyridine rings is 1. The van der Waals surface area contributed by atoms with Gasteiger partial charge >= 0.3 is 0 Å². The number of benzene rings is 1. The van der Waals surface area contributed by atoms with Crippen LogP contribution in [0.3, 0.4) is 0 Å². The molecule has 0 amide bonds. The Morgan fingerprint density at radius 3 is 2.23 bits per heavy atom. The second kappa shape index (κ2) is 7.37. The van der Waals surface area contributed by atoms with Gasteiger partial charge in [0, 0.05) is 11.8 Å². The standard InChI is InChI=1S/C18H19NO3/c1-5-14-7-6-10-19-15(14)9-8-13-11-16(20-2)18(22-4)17(12-13)21-3/h6-7,10-12H,5H2,1-4H3. The van der Waals surface area contributed by atoms with E-state index in [4.69, 9.17) is 14.2 Å². The van der Waals surface area contributed by atoms with E-state index in [1.165, 1.54) is 0 Å². The molecule has 2 rings (SSSR count). The van der Waals surface area contributed by atoms with E-state index in [9.17, 15) is 0 Å². The van der Waals surface area contributed by atoms with E-state index < -0.39 is 0 Å². The molecule has 0 spiro atoms. The van der Waals surface area contributed by atoms with E-state index >= 15 is 0 Å². The first kappa shape index (κ1) is 15.7. The molecule has 22 heavy (non-hydrogen) atoms. The summed E-state index contributed by atoms with van der Waals surface area (Å²) >= 11 is 0. The van der Waals surface area contributed by atoms with Gasteiger partial charge in [0.25, 0.3) is 0 Å². The number of nitrogens with zero attached hydrogens (tertiary/aromatic N) is 1. The van der Waals surface area contributed by atoms with Gasteiger partial charge in [-0.1, -0.05) is 18.9 Å². The summed E-state index contributed by atoms with van der Waals surface area (Å²) in [4.78, 5) is 4.32. The van der Waals surface area contributed by atoms with Gasteiger partial charge in [0.05, 0.1) is 21.3 Å². The molecule has 0 bridgehead atoms. The quantitative estimate of drug-likeness (QED) is 0.813. The van der Waals surface area contributed by atoms with Gasteiger partial charge in [-0.2, -0.15) is 0 Å². The number of ether oxygens (including phenoxy) is 3. The van der Waals surface area contributed by atoms with Crippen molar-refractivity contribution in [3.63, 3.8) is 0 Å². The number of hydrogen-bond acceptors (Lipinski definition) is 4. The lowest BCUT2D eigenvalue weighted by molar-refractivity contribution is 0.324. The van der Waals surface area contributed by atoms with Crippen molar-refractivity contribution in [2.75, 3.05) is 21.3 Å². The Labute approximate surface area is 131 Å². The van der Waals surface area contributed by atoms with Crippen LogP contribution in [-0.4, -0.2) is 26.3 Å². The van der Waals surface area contributed by atoms with Gasteiger partial charge in [0.1, 0.15) is 5.69 Å². The van der Waals surface area contributed by atoms with Gasteiger partial charge in [0.2, 0.25) is 5.75 Å². The number of methoxy groups -OCH3 is 3. The van der Waals surface area contributed by atoms with E-state index in [0.717, 1.165) is 23.2 Å². The zero-order valence-electron chi connectivity index (χ0n) is 13.3. The fraction of sp³-hybridized carbons (Fsp3) is 0.278. The summed E-state index contributed by atoms with van der Waals surface area (Å²) in [6.07, 6.45) is 2.64.